The topological polar surface area (TPSA) is 30.0 Å². The number of pyridine rings is 1. The Kier molecular flexibility index (Phi) is 2.92. The lowest BCUT2D eigenvalue weighted by Crippen LogP contribution is -2.21. The van der Waals surface area contributed by atoms with Crippen molar-refractivity contribution < 1.29 is 4.79 Å². The van der Waals surface area contributed by atoms with E-state index in [0.29, 0.717) is 5.78 Å². The maximum absolute atomic E-state index is 11.6. The number of Topliss-reactive ketones (excluding diaryl/α,β-unsaturated/α-hetero) is 1. The third-order valence-corrected chi connectivity index (χ3v) is 2.89. The summed E-state index contributed by atoms with van der Waals surface area (Å²) in [6.07, 6.45) is 8.65. The first kappa shape index (κ1) is 9.38. The molecular weight excluding hydrogens is 174 g/mol. The van der Waals surface area contributed by atoms with Crippen LogP contribution in [-0.4, -0.2) is 10.8 Å². The van der Waals surface area contributed by atoms with Gasteiger partial charge in [0.05, 0.1) is 0 Å². The molecule has 0 aliphatic heterocycles. The molecule has 1 aliphatic carbocycles. The molecule has 1 aromatic rings. The van der Waals surface area contributed by atoms with Gasteiger partial charge in [0.15, 0.2) is 0 Å². The first-order valence-corrected chi connectivity index (χ1v) is 5.28. The number of hydrogen-bond acceptors (Lipinski definition) is 2. The van der Waals surface area contributed by atoms with Crippen LogP contribution in [0.4, 0.5) is 0 Å². The van der Waals surface area contributed by atoms with Crippen LogP contribution in [0.25, 0.3) is 0 Å². The monoisotopic (exact) mass is 189 g/mol. The van der Waals surface area contributed by atoms with Crippen molar-refractivity contribution in [3.8, 4) is 0 Å². The van der Waals surface area contributed by atoms with Gasteiger partial charge in [-0.2, -0.15) is 0 Å². The van der Waals surface area contributed by atoms with Crippen molar-refractivity contribution >= 4 is 5.78 Å². The maximum Gasteiger partial charge on any atom is 0.136 e. The van der Waals surface area contributed by atoms with Crippen molar-refractivity contribution in [2.24, 2.45) is 5.92 Å². The highest BCUT2D eigenvalue weighted by atomic mass is 16.1. The fourth-order valence-corrected chi connectivity index (χ4v) is 2.07. The van der Waals surface area contributed by atoms with E-state index in [1.54, 1.807) is 6.20 Å². The lowest BCUT2D eigenvalue weighted by atomic mass is 9.84. The van der Waals surface area contributed by atoms with Gasteiger partial charge in [0.25, 0.3) is 0 Å². The largest absolute Gasteiger partial charge is 0.299 e. The summed E-state index contributed by atoms with van der Waals surface area (Å²) < 4.78 is 0. The Balaban J connectivity index is 2.00. The molecule has 0 bridgehead atoms. The van der Waals surface area contributed by atoms with Gasteiger partial charge < -0.3 is 0 Å². The molecule has 0 N–H and O–H groups in total. The predicted molar refractivity (Wildman–Crippen MR) is 54.9 cm³/mol. The molecule has 1 atom stereocenters. The second-order valence-electron chi connectivity index (χ2n) is 3.97. The van der Waals surface area contributed by atoms with Gasteiger partial charge in [-0.25, -0.2) is 0 Å². The second kappa shape index (κ2) is 4.36. The quantitative estimate of drug-likeness (QED) is 0.715. The Morgan fingerprint density at radius 2 is 2.36 bits per heavy atom. The van der Waals surface area contributed by atoms with Gasteiger partial charge in [-0.1, -0.05) is 12.5 Å². The Morgan fingerprint density at radius 1 is 1.43 bits per heavy atom. The summed E-state index contributed by atoms with van der Waals surface area (Å²) in [6.45, 7) is 0. The molecule has 0 spiro atoms. The number of nitrogens with zero attached hydrogens (tertiary/aromatic N) is 1. The zero-order valence-corrected chi connectivity index (χ0v) is 8.28. The fourth-order valence-electron chi connectivity index (χ4n) is 2.07. The zero-order chi connectivity index (χ0) is 9.80. The van der Waals surface area contributed by atoms with Crippen molar-refractivity contribution in [3.05, 3.63) is 30.1 Å². The minimum Gasteiger partial charge on any atom is -0.299 e. The van der Waals surface area contributed by atoms with Crippen molar-refractivity contribution in [1.29, 1.82) is 0 Å². The Labute approximate surface area is 84.4 Å². The molecule has 2 rings (SSSR count). The van der Waals surface area contributed by atoms with Gasteiger partial charge >= 0.3 is 0 Å². The molecule has 1 fully saturated rings. The van der Waals surface area contributed by atoms with E-state index < -0.39 is 0 Å². The highest BCUT2D eigenvalue weighted by Crippen LogP contribution is 2.23. The smallest absolute Gasteiger partial charge is 0.136 e. The van der Waals surface area contributed by atoms with Crippen LogP contribution in [0.3, 0.4) is 0 Å². The summed E-state index contributed by atoms with van der Waals surface area (Å²) in [5.41, 5.74) is 1.19. The highest BCUT2D eigenvalue weighted by Gasteiger charge is 2.21. The summed E-state index contributed by atoms with van der Waals surface area (Å²) in [7, 11) is 0. The van der Waals surface area contributed by atoms with E-state index in [2.05, 4.69) is 11.1 Å². The van der Waals surface area contributed by atoms with Crippen LogP contribution in [0.15, 0.2) is 24.5 Å². The zero-order valence-electron chi connectivity index (χ0n) is 8.28. The van der Waals surface area contributed by atoms with Crippen LogP contribution < -0.4 is 0 Å². The molecule has 2 nitrogen and oxygen atoms in total. The number of carbonyl (C=O) groups is 1. The third-order valence-electron chi connectivity index (χ3n) is 2.89. The number of rotatable bonds is 2. The van der Waals surface area contributed by atoms with E-state index in [1.807, 2.05) is 12.3 Å². The lowest BCUT2D eigenvalue weighted by Gasteiger charge is -2.19. The predicted octanol–water partition coefficient (Wildman–Crippen LogP) is 2.38. The molecule has 0 radical (unpaired) electrons. The van der Waals surface area contributed by atoms with Crippen LogP contribution in [0.1, 0.15) is 31.2 Å². The van der Waals surface area contributed by atoms with E-state index in [1.165, 1.54) is 12.0 Å². The molecule has 1 heterocycles. The van der Waals surface area contributed by atoms with Crippen LogP contribution in [-0.2, 0) is 11.2 Å². The van der Waals surface area contributed by atoms with E-state index >= 15 is 0 Å². The highest BCUT2D eigenvalue weighted by molar-refractivity contribution is 5.81. The molecule has 0 saturated heterocycles. The summed E-state index contributed by atoms with van der Waals surface area (Å²) in [5.74, 6) is 0.702. The van der Waals surface area contributed by atoms with Crippen LogP contribution >= 0.6 is 0 Å². The molecule has 1 aromatic heterocycles. The van der Waals surface area contributed by atoms with E-state index in [9.17, 15) is 4.79 Å². The van der Waals surface area contributed by atoms with Crippen molar-refractivity contribution in [2.75, 3.05) is 0 Å². The second-order valence-corrected chi connectivity index (χ2v) is 3.97. The van der Waals surface area contributed by atoms with Crippen molar-refractivity contribution in [2.45, 2.75) is 32.1 Å². The molecule has 0 aromatic carbocycles. The number of hydrogen-bond donors (Lipinski definition) is 0. The van der Waals surface area contributed by atoms with E-state index in [4.69, 9.17) is 0 Å². The molecule has 74 valence electrons. The molecular formula is C12H15NO. The number of aromatic nitrogens is 1. The van der Waals surface area contributed by atoms with Crippen LogP contribution in [0.5, 0.6) is 0 Å². The van der Waals surface area contributed by atoms with Crippen LogP contribution in [0.2, 0.25) is 0 Å². The summed E-state index contributed by atoms with van der Waals surface area (Å²) in [5, 5.41) is 0. The average molecular weight is 189 g/mol. The molecule has 1 aliphatic rings. The average Bonchev–Trinajstić information content (AvgIpc) is 2.23. The summed E-state index contributed by atoms with van der Waals surface area (Å²) >= 11 is 0. The summed E-state index contributed by atoms with van der Waals surface area (Å²) in [6, 6.07) is 3.98. The molecule has 0 amide bonds. The Hall–Kier alpha value is -1.18. The molecule has 2 heteroatoms. The lowest BCUT2D eigenvalue weighted by molar-refractivity contribution is -0.124. The molecule has 1 saturated carbocycles. The van der Waals surface area contributed by atoms with E-state index in [-0.39, 0.29) is 5.92 Å². The summed E-state index contributed by atoms with van der Waals surface area (Å²) in [4.78, 5) is 15.6. The van der Waals surface area contributed by atoms with Gasteiger partial charge in [-0.3, -0.25) is 9.78 Å². The first-order valence-electron chi connectivity index (χ1n) is 5.28. The third kappa shape index (κ3) is 2.19. The van der Waals surface area contributed by atoms with Gasteiger partial charge in [-0.05, 0) is 30.9 Å². The van der Waals surface area contributed by atoms with E-state index in [0.717, 1.165) is 25.7 Å². The Morgan fingerprint density at radius 3 is 3.07 bits per heavy atom. The minimum absolute atomic E-state index is 0.257. The number of ketones is 1. The number of carbonyl (C=O) groups excluding carboxylic acids is 1. The normalized spacial score (nSPS) is 22.3. The molecule has 1 unspecified atom stereocenters. The Bertz CT molecular complexity index is 307. The van der Waals surface area contributed by atoms with Crippen LogP contribution in [0, 0.1) is 5.92 Å². The fraction of sp³-hybridized carbons (Fsp3) is 0.500. The molecule has 14 heavy (non-hydrogen) atoms. The van der Waals surface area contributed by atoms with Crippen molar-refractivity contribution in [1.82, 2.24) is 4.98 Å². The van der Waals surface area contributed by atoms with Gasteiger partial charge in [0, 0.05) is 24.7 Å². The maximum atomic E-state index is 11.6. The van der Waals surface area contributed by atoms with Crippen molar-refractivity contribution in [3.63, 3.8) is 0 Å². The van der Waals surface area contributed by atoms with Gasteiger partial charge in [0.2, 0.25) is 0 Å². The van der Waals surface area contributed by atoms with Gasteiger partial charge in [0.1, 0.15) is 5.78 Å². The first-order chi connectivity index (χ1) is 6.86. The van der Waals surface area contributed by atoms with Gasteiger partial charge in [-0.15, -0.1) is 0 Å². The standard InChI is InChI=1S/C12H15NO/c14-12-6-2-1-5-11(12)8-10-4-3-7-13-9-10/h3-4,7,9,11H,1-2,5-6,8H2. The SMILES string of the molecule is O=C1CCCCC1Cc1cccnc1. The minimum atomic E-state index is 0.257.